The first-order chi connectivity index (χ1) is 14.7. The van der Waals surface area contributed by atoms with E-state index in [0.717, 1.165) is 24.0 Å². The van der Waals surface area contributed by atoms with Crippen molar-refractivity contribution in [3.05, 3.63) is 46.5 Å². The van der Waals surface area contributed by atoms with Gasteiger partial charge in [0.1, 0.15) is 0 Å². The molecule has 1 saturated heterocycles. The number of rotatable bonds is 6. The second kappa shape index (κ2) is 9.17. The van der Waals surface area contributed by atoms with Crippen LogP contribution in [0.4, 0.5) is 4.79 Å². The summed E-state index contributed by atoms with van der Waals surface area (Å²) in [6.07, 6.45) is 1.60. The summed E-state index contributed by atoms with van der Waals surface area (Å²) in [5, 5.41) is 15.3. The van der Waals surface area contributed by atoms with Gasteiger partial charge in [0.15, 0.2) is 11.5 Å². The number of carbonyl (C=O) groups is 1. The van der Waals surface area contributed by atoms with Crippen molar-refractivity contribution in [2.75, 3.05) is 27.3 Å². The van der Waals surface area contributed by atoms with Crippen molar-refractivity contribution in [1.82, 2.24) is 20.4 Å². The highest BCUT2D eigenvalue weighted by atomic mass is 32.1. The molecule has 1 N–H and O–H groups in total. The minimum atomic E-state index is -0.0762. The van der Waals surface area contributed by atoms with E-state index in [4.69, 9.17) is 13.9 Å². The van der Waals surface area contributed by atoms with Gasteiger partial charge in [-0.2, -0.15) is 11.3 Å². The molecule has 1 aromatic carbocycles. The van der Waals surface area contributed by atoms with Gasteiger partial charge in [0.05, 0.1) is 14.2 Å². The topological polar surface area (TPSA) is 89.7 Å². The van der Waals surface area contributed by atoms with Crippen LogP contribution in [0.25, 0.3) is 11.5 Å². The number of aromatic nitrogens is 2. The molecule has 2 aromatic heterocycles. The number of likely N-dealkylation sites (tertiary alicyclic amines) is 1. The van der Waals surface area contributed by atoms with E-state index in [-0.39, 0.29) is 11.9 Å². The maximum atomic E-state index is 12.6. The molecule has 8 nitrogen and oxygen atoms in total. The number of nitrogens with zero attached hydrogens (tertiary/aromatic N) is 3. The molecule has 0 radical (unpaired) electrons. The first-order valence-electron chi connectivity index (χ1n) is 9.77. The molecule has 0 bridgehead atoms. The Morgan fingerprint density at radius 3 is 2.70 bits per heavy atom. The minimum absolute atomic E-state index is 0.0762. The smallest absolute Gasteiger partial charge is 0.317 e. The standard InChI is InChI=1S/C21H24N4O4S/c1-27-17-4-3-14(11-18(17)28-2)12-22-21(26)25-8-5-15(6-9-25)19-23-24-20(29-19)16-7-10-30-13-16/h3-4,7,10-11,13,15H,5-6,8-9,12H2,1-2H3,(H,22,26). The number of piperidine rings is 1. The molecule has 1 aliphatic rings. The molecule has 2 amide bonds. The molecule has 9 heteroatoms. The van der Waals surface area contributed by atoms with Gasteiger partial charge in [-0.3, -0.25) is 0 Å². The number of hydrogen-bond acceptors (Lipinski definition) is 7. The summed E-state index contributed by atoms with van der Waals surface area (Å²) in [6, 6.07) is 7.50. The van der Waals surface area contributed by atoms with E-state index in [1.54, 1.807) is 25.6 Å². The van der Waals surface area contributed by atoms with Crippen LogP contribution in [0.15, 0.2) is 39.4 Å². The fourth-order valence-electron chi connectivity index (χ4n) is 3.51. The van der Waals surface area contributed by atoms with E-state index in [9.17, 15) is 4.79 Å². The summed E-state index contributed by atoms with van der Waals surface area (Å²) in [5.41, 5.74) is 1.90. The highest BCUT2D eigenvalue weighted by Crippen LogP contribution is 2.30. The van der Waals surface area contributed by atoms with Crippen molar-refractivity contribution in [2.45, 2.75) is 25.3 Å². The van der Waals surface area contributed by atoms with E-state index in [2.05, 4.69) is 15.5 Å². The Kier molecular flexibility index (Phi) is 6.18. The Morgan fingerprint density at radius 2 is 2.00 bits per heavy atom. The molecule has 0 aliphatic carbocycles. The van der Waals surface area contributed by atoms with Crippen LogP contribution < -0.4 is 14.8 Å². The molecule has 0 unspecified atom stereocenters. The van der Waals surface area contributed by atoms with Gasteiger partial charge in [0.25, 0.3) is 0 Å². The van der Waals surface area contributed by atoms with Gasteiger partial charge in [0.2, 0.25) is 11.8 Å². The normalized spacial score (nSPS) is 14.5. The SMILES string of the molecule is COc1ccc(CNC(=O)N2CCC(c3nnc(-c4ccsc4)o3)CC2)cc1OC. The lowest BCUT2D eigenvalue weighted by Crippen LogP contribution is -2.43. The molecular formula is C21H24N4O4S. The highest BCUT2D eigenvalue weighted by Gasteiger charge is 2.27. The van der Waals surface area contributed by atoms with Crippen LogP contribution in [0.1, 0.15) is 30.2 Å². The molecule has 0 spiro atoms. The van der Waals surface area contributed by atoms with Crippen LogP contribution in [-0.4, -0.2) is 48.4 Å². The predicted molar refractivity (Wildman–Crippen MR) is 113 cm³/mol. The summed E-state index contributed by atoms with van der Waals surface area (Å²) in [4.78, 5) is 14.4. The van der Waals surface area contributed by atoms with E-state index in [1.807, 2.05) is 39.9 Å². The van der Waals surface area contributed by atoms with Gasteiger partial charge in [0, 0.05) is 36.5 Å². The number of methoxy groups -OCH3 is 2. The van der Waals surface area contributed by atoms with Gasteiger partial charge < -0.3 is 24.1 Å². The van der Waals surface area contributed by atoms with Crippen molar-refractivity contribution in [3.8, 4) is 23.0 Å². The lowest BCUT2D eigenvalue weighted by molar-refractivity contribution is 0.177. The number of urea groups is 1. The van der Waals surface area contributed by atoms with Crippen molar-refractivity contribution in [1.29, 1.82) is 0 Å². The third kappa shape index (κ3) is 4.40. The zero-order chi connectivity index (χ0) is 20.9. The molecule has 30 heavy (non-hydrogen) atoms. The van der Waals surface area contributed by atoms with Crippen molar-refractivity contribution in [3.63, 3.8) is 0 Å². The van der Waals surface area contributed by atoms with Gasteiger partial charge in [-0.05, 0) is 42.0 Å². The summed E-state index contributed by atoms with van der Waals surface area (Å²) >= 11 is 1.60. The first kappa shape index (κ1) is 20.2. The Bertz CT molecular complexity index is 981. The monoisotopic (exact) mass is 428 g/mol. The zero-order valence-corrected chi connectivity index (χ0v) is 17.8. The Balaban J connectivity index is 1.28. The van der Waals surface area contributed by atoms with Crippen LogP contribution in [0.5, 0.6) is 11.5 Å². The maximum Gasteiger partial charge on any atom is 0.317 e. The van der Waals surface area contributed by atoms with Crippen molar-refractivity contribution >= 4 is 17.4 Å². The van der Waals surface area contributed by atoms with Gasteiger partial charge in [-0.25, -0.2) is 4.79 Å². The minimum Gasteiger partial charge on any atom is -0.493 e. The van der Waals surface area contributed by atoms with Crippen LogP contribution in [0.3, 0.4) is 0 Å². The quantitative estimate of drug-likeness (QED) is 0.640. The zero-order valence-electron chi connectivity index (χ0n) is 17.0. The number of thiophene rings is 1. The number of amides is 2. The summed E-state index contributed by atoms with van der Waals surface area (Å²) in [7, 11) is 3.19. The average molecular weight is 429 g/mol. The molecule has 0 saturated carbocycles. The average Bonchev–Trinajstić information content (AvgIpc) is 3.49. The fourth-order valence-corrected chi connectivity index (χ4v) is 4.14. The molecular weight excluding hydrogens is 404 g/mol. The molecule has 158 valence electrons. The van der Waals surface area contributed by atoms with Crippen LogP contribution in [0.2, 0.25) is 0 Å². The molecule has 1 aliphatic heterocycles. The number of ether oxygens (including phenoxy) is 2. The molecule has 3 heterocycles. The largest absolute Gasteiger partial charge is 0.493 e. The Hall–Kier alpha value is -3.07. The second-order valence-electron chi connectivity index (χ2n) is 7.07. The molecule has 1 fully saturated rings. The van der Waals surface area contributed by atoms with E-state index >= 15 is 0 Å². The third-order valence-electron chi connectivity index (χ3n) is 5.23. The van der Waals surface area contributed by atoms with Gasteiger partial charge >= 0.3 is 6.03 Å². The van der Waals surface area contributed by atoms with Crippen LogP contribution in [-0.2, 0) is 6.54 Å². The number of hydrogen-bond donors (Lipinski definition) is 1. The summed E-state index contributed by atoms with van der Waals surface area (Å²) < 4.78 is 16.4. The van der Waals surface area contributed by atoms with Gasteiger partial charge in [-0.1, -0.05) is 6.07 Å². The lowest BCUT2D eigenvalue weighted by atomic mass is 9.97. The Morgan fingerprint density at radius 1 is 1.20 bits per heavy atom. The third-order valence-corrected chi connectivity index (χ3v) is 5.92. The number of carbonyl (C=O) groups excluding carboxylic acids is 1. The van der Waals surface area contributed by atoms with E-state index < -0.39 is 0 Å². The fraction of sp³-hybridized carbons (Fsp3) is 0.381. The van der Waals surface area contributed by atoms with Gasteiger partial charge in [-0.15, -0.1) is 10.2 Å². The second-order valence-corrected chi connectivity index (χ2v) is 7.85. The number of nitrogens with one attached hydrogen (secondary N) is 1. The highest BCUT2D eigenvalue weighted by molar-refractivity contribution is 7.08. The van der Waals surface area contributed by atoms with Crippen molar-refractivity contribution < 1.29 is 18.7 Å². The summed E-state index contributed by atoms with van der Waals surface area (Å²) in [6.45, 7) is 1.73. The number of benzene rings is 1. The predicted octanol–water partition coefficient (Wildman–Crippen LogP) is 3.90. The van der Waals surface area contributed by atoms with E-state index in [0.29, 0.717) is 42.9 Å². The molecule has 4 rings (SSSR count). The van der Waals surface area contributed by atoms with Crippen LogP contribution in [0, 0.1) is 0 Å². The summed E-state index contributed by atoms with van der Waals surface area (Å²) in [5.74, 6) is 2.70. The van der Waals surface area contributed by atoms with Crippen molar-refractivity contribution in [2.24, 2.45) is 0 Å². The molecule has 3 aromatic rings. The lowest BCUT2D eigenvalue weighted by Gasteiger charge is -2.30. The van der Waals surface area contributed by atoms with Crippen LogP contribution >= 0.6 is 11.3 Å². The van der Waals surface area contributed by atoms with E-state index in [1.165, 1.54) is 0 Å². The maximum absolute atomic E-state index is 12.6. The first-order valence-corrected chi connectivity index (χ1v) is 10.7. The molecule has 0 atom stereocenters. The Labute approximate surface area is 178 Å².